The number of hydroxylamine groups is 2. The van der Waals surface area contributed by atoms with Gasteiger partial charge in [0.2, 0.25) is 0 Å². The van der Waals surface area contributed by atoms with E-state index in [-0.39, 0.29) is 17.9 Å². The van der Waals surface area contributed by atoms with Crippen molar-refractivity contribution in [1.82, 2.24) is 9.96 Å². The van der Waals surface area contributed by atoms with Gasteiger partial charge in [-0.15, -0.1) is 0 Å². The van der Waals surface area contributed by atoms with Crippen LogP contribution in [0.1, 0.15) is 31.9 Å². The molecule has 0 aliphatic carbocycles. The third-order valence-corrected chi connectivity index (χ3v) is 4.09. The Balaban J connectivity index is 2.28. The first-order chi connectivity index (χ1) is 11.1. The molecular formula is C17H24F3N3O. The quantitative estimate of drug-likeness (QED) is 0.818. The molecule has 0 N–H and O–H groups in total. The minimum Gasteiger partial charge on any atom is -0.302 e. The fourth-order valence-electron chi connectivity index (χ4n) is 2.40. The molecule has 0 bridgehead atoms. The Bertz CT molecular complexity index is 584. The van der Waals surface area contributed by atoms with E-state index in [1.165, 1.54) is 5.06 Å². The number of halogens is 3. The molecular weight excluding hydrogens is 319 g/mol. The van der Waals surface area contributed by atoms with Crippen LogP contribution in [0.15, 0.2) is 29.3 Å². The molecule has 0 spiro atoms. The third-order valence-electron chi connectivity index (χ3n) is 4.09. The first-order valence-electron chi connectivity index (χ1n) is 7.97. The highest BCUT2D eigenvalue weighted by molar-refractivity contribution is 5.99. The third kappa shape index (κ3) is 4.27. The summed E-state index contributed by atoms with van der Waals surface area (Å²) in [5.41, 5.74) is 1.65. The molecule has 0 radical (unpaired) electrons. The number of aliphatic imine (C=N–C) groups is 1. The van der Waals surface area contributed by atoms with E-state index >= 15 is 0 Å². The smallest absolute Gasteiger partial charge is 0.302 e. The van der Waals surface area contributed by atoms with Gasteiger partial charge in [-0.3, -0.25) is 0 Å². The standard InChI is InChI=1S/C17H24F3N3O/c1-11(2)22(5)10-13(4)23-15(14-8-6-12(3)7-9-14)21-16(24-23)17(18,19)20/h6-9,11,13,16H,10H2,1-5H3. The molecule has 7 heteroatoms. The lowest BCUT2D eigenvalue weighted by molar-refractivity contribution is -0.268. The van der Waals surface area contributed by atoms with E-state index in [1.54, 1.807) is 12.1 Å². The molecule has 0 amide bonds. The summed E-state index contributed by atoms with van der Waals surface area (Å²) >= 11 is 0. The van der Waals surface area contributed by atoms with Gasteiger partial charge in [-0.2, -0.15) is 13.2 Å². The lowest BCUT2D eigenvalue weighted by atomic mass is 10.1. The molecule has 2 rings (SSSR count). The van der Waals surface area contributed by atoms with Gasteiger partial charge in [0.05, 0.1) is 6.04 Å². The number of hydrogen-bond donors (Lipinski definition) is 0. The summed E-state index contributed by atoms with van der Waals surface area (Å²) in [5, 5.41) is 1.29. The number of likely N-dealkylation sites (N-methyl/N-ethyl adjacent to an activating group) is 1. The highest BCUT2D eigenvalue weighted by Gasteiger charge is 2.48. The SMILES string of the molecule is Cc1ccc(C2=NC(C(F)(F)F)ON2C(C)CN(C)C(C)C)cc1. The first-order valence-corrected chi connectivity index (χ1v) is 7.97. The van der Waals surface area contributed by atoms with Crippen LogP contribution < -0.4 is 0 Å². The van der Waals surface area contributed by atoms with Crippen LogP contribution in [0, 0.1) is 6.92 Å². The van der Waals surface area contributed by atoms with Gasteiger partial charge in [-0.25, -0.2) is 14.9 Å². The molecule has 0 saturated carbocycles. The normalized spacial score (nSPS) is 20.0. The number of amidine groups is 1. The predicted molar refractivity (Wildman–Crippen MR) is 87.7 cm³/mol. The first kappa shape index (κ1) is 18.7. The Morgan fingerprint density at radius 1 is 1.21 bits per heavy atom. The fourth-order valence-corrected chi connectivity index (χ4v) is 2.40. The Morgan fingerprint density at radius 2 is 1.79 bits per heavy atom. The molecule has 2 unspecified atom stereocenters. The van der Waals surface area contributed by atoms with Gasteiger partial charge in [0.15, 0.2) is 5.84 Å². The Kier molecular flexibility index (Phi) is 5.55. The predicted octanol–water partition coefficient (Wildman–Crippen LogP) is 3.61. The number of benzene rings is 1. The number of alkyl halides is 3. The van der Waals surface area contributed by atoms with Crippen molar-refractivity contribution in [3.63, 3.8) is 0 Å². The van der Waals surface area contributed by atoms with Crippen molar-refractivity contribution in [2.24, 2.45) is 4.99 Å². The molecule has 134 valence electrons. The molecule has 0 fully saturated rings. The number of hydrogen-bond acceptors (Lipinski definition) is 4. The van der Waals surface area contributed by atoms with E-state index in [4.69, 9.17) is 4.84 Å². The zero-order chi connectivity index (χ0) is 18.1. The molecule has 2 atom stereocenters. The minimum absolute atomic E-state index is 0.224. The molecule has 4 nitrogen and oxygen atoms in total. The summed E-state index contributed by atoms with van der Waals surface area (Å²) < 4.78 is 39.2. The average Bonchev–Trinajstić information content (AvgIpc) is 2.93. The second-order valence-electron chi connectivity index (χ2n) is 6.53. The maximum absolute atomic E-state index is 13.1. The van der Waals surface area contributed by atoms with E-state index in [0.717, 1.165) is 5.56 Å². The number of nitrogens with zero attached hydrogens (tertiary/aromatic N) is 3. The van der Waals surface area contributed by atoms with Crippen molar-refractivity contribution < 1.29 is 18.0 Å². The van der Waals surface area contributed by atoms with Crippen molar-refractivity contribution in [2.45, 2.75) is 52.2 Å². The lowest BCUT2D eigenvalue weighted by Crippen LogP contribution is -2.45. The molecule has 1 heterocycles. The molecule has 1 aromatic rings. The van der Waals surface area contributed by atoms with Crippen LogP contribution in [0.2, 0.25) is 0 Å². The molecule has 0 saturated heterocycles. The van der Waals surface area contributed by atoms with Gasteiger partial charge in [0, 0.05) is 18.2 Å². The monoisotopic (exact) mass is 343 g/mol. The molecule has 1 aliphatic rings. The number of aryl methyl sites for hydroxylation is 1. The Morgan fingerprint density at radius 3 is 2.29 bits per heavy atom. The molecule has 1 aromatic carbocycles. The maximum Gasteiger partial charge on any atom is 0.437 e. The Hall–Kier alpha value is -1.60. The lowest BCUT2D eigenvalue weighted by Gasteiger charge is -2.31. The van der Waals surface area contributed by atoms with Crippen LogP contribution in [-0.2, 0) is 4.84 Å². The topological polar surface area (TPSA) is 28.1 Å². The van der Waals surface area contributed by atoms with Crippen LogP contribution in [0.4, 0.5) is 13.2 Å². The highest BCUT2D eigenvalue weighted by Crippen LogP contribution is 2.31. The van der Waals surface area contributed by atoms with Gasteiger partial charge in [0.1, 0.15) is 0 Å². The molecule has 0 aromatic heterocycles. The van der Waals surface area contributed by atoms with Crippen molar-refractivity contribution in [1.29, 1.82) is 0 Å². The van der Waals surface area contributed by atoms with Gasteiger partial charge in [-0.1, -0.05) is 29.8 Å². The van der Waals surface area contributed by atoms with E-state index in [9.17, 15) is 13.2 Å². The largest absolute Gasteiger partial charge is 0.437 e. The summed E-state index contributed by atoms with van der Waals surface area (Å²) in [6.45, 7) is 8.39. The van der Waals surface area contributed by atoms with Crippen molar-refractivity contribution >= 4 is 5.84 Å². The van der Waals surface area contributed by atoms with Gasteiger partial charge >= 0.3 is 6.18 Å². The number of rotatable bonds is 5. The van der Waals surface area contributed by atoms with Crippen LogP contribution in [0.3, 0.4) is 0 Å². The van der Waals surface area contributed by atoms with Crippen molar-refractivity contribution in [3.05, 3.63) is 35.4 Å². The van der Waals surface area contributed by atoms with Gasteiger partial charge in [-0.05, 0) is 34.7 Å². The van der Waals surface area contributed by atoms with Gasteiger partial charge in [0.25, 0.3) is 6.23 Å². The molecule has 1 aliphatic heterocycles. The van der Waals surface area contributed by atoms with Gasteiger partial charge < -0.3 is 4.90 Å². The average molecular weight is 343 g/mol. The van der Waals surface area contributed by atoms with E-state index < -0.39 is 12.4 Å². The summed E-state index contributed by atoms with van der Waals surface area (Å²) in [6, 6.07) is 7.24. The highest BCUT2D eigenvalue weighted by atomic mass is 19.4. The van der Waals surface area contributed by atoms with E-state index in [0.29, 0.717) is 12.1 Å². The van der Waals surface area contributed by atoms with Crippen LogP contribution >= 0.6 is 0 Å². The molecule has 24 heavy (non-hydrogen) atoms. The van der Waals surface area contributed by atoms with Crippen LogP contribution in [0.25, 0.3) is 0 Å². The fraction of sp³-hybridized carbons (Fsp3) is 0.588. The van der Waals surface area contributed by atoms with E-state index in [2.05, 4.69) is 9.89 Å². The minimum atomic E-state index is -4.53. The van der Waals surface area contributed by atoms with Crippen LogP contribution in [0.5, 0.6) is 0 Å². The maximum atomic E-state index is 13.1. The second-order valence-corrected chi connectivity index (χ2v) is 6.53. The summed E-state index contributed by atoms with van der Waals surface area (Å²) in [5.74, 6) is 0.224. The van der Waals surface area contributed by atoms with Crippen molar-refractivity contribution in [2.75, 3.05) is 13.6 Å². The van der Waals surface area contributed by atoms with Crippen LogP contribution in [-0.4, -0.2) is 53.9 Å². The zero-order valence-electron chi connectivity index (χ0n) is 14.6. The summed E-state index contributed by atoms with van der Waals surface area (Å²) in [7, 11) is 1.93. The summed E-state index contributed by atoms with van der Waals surface area (Å²) in [4.78, 5) is 11.0. The zero-order valence-corrected chi connectivity index (χ0v) is 14.6. The van der Waals surface area contributed by atoms with E-state index in [1.807, 2.05) is 46.9 Å². The van der Waals surface area contributed by atoms with Crippen molar-refractivity contribution in [3.8, 4) is 0 Å². The summed E-state index contributed by atoms with van der Waals surface area (Å²) in [6.07, 6.45) is -6.69. The Labute approximate surface area is 140 Å². The second kappa shape index (κ2) is 7.11.